The van der Waals surface area contributed by atoms with E-state index in [9.17, 15) is 0 Å². The number of rotatable bonds is 5. The number of thiophene rings is 1. The third-order valence-corrected chi connectivity index (χ3v) is 5.08. The number of hydrogen-bond donors (Lipinski definition) is 2. The molecular weight excluding hydrogens is 328 g/mol. The smallest absolute Gasteiger partial charge is 0.151 e. The summed E-state index contributed by atoms with van der Waals surface area (Å²) in [5, 5.41) is 6.71. The summed E-state index contributed by atoms with van der Waals surface area (Å²) >= 11 is 1.71. The van der Waals surface area contributed by atoms with Crippen molar-refractivity contribution in [3.8, 4) is 10.4 Å². The second-order valence-electron chi connectivity index (χ2n) is 5.65. The lowest BCUT2D eigenvalue weighted by molar-refractivity contribution is 1.21. The van der Waals surface area contributed by atoms with Crippen LogP contribution in [0, 0.1) is 0 Å². The highest BCUT2D eigenvalue weighted by molar-refractivity contribution is 7.22. The molecule has 0 saturated carbocycles. The molecule has 0 aliphatic carbocycles. The fourth-order valence-electron chi connectivity index (χ4n) is 2.70. The Labute approximate surface area is 150 Å². The van der Waals surface area contributed by atoms with Crippen molar-refractivity contribution in [3.63, 3.8) is 0 Å². The predicted molar refractivity (Wildman–Crippen MR) is 107 cm³/mol. The first-order chi connectivity index (χ1) is 12.3. The lowest BCUT2D eigenvalue weighted by atomic mass is 10.2. The summed E-state index contributed by atoms with van der Waals surface area (Å²) in [6.07, 6.45) is 1.61. The normalized spacial score (nSPS) is 10.8. The highest BCUT2D eigenvalue weighted by Crippen LogP contribution is 2.36. The molecule has 0 aliphatic heterocycles. The first-order valence-corrected chi connectivity index (χ1v) is 9.06. The maximum Gasteiger partial charge on any atom is 0.151 e. The van der Waals surface area contributed by atoms with Gasteiger partial charge in [-0.05, 0) is 42.8 Å². The van der Waals surface area contributed by atoms with Gasteiger partial charge in [0.1, 0.15) is 6.33 Å². The Hall–Kier alpha value is -2.92. The number of fused-ring (bicyclic) bond motifs is 1. The fourth-order valence-corrected chi connectivity index (χ4v) is 3.76. The standard InChI is InChI=1S/C20H18N4S/c1-2-21-15-8-10-16(11-9-15)24-20-19-17(22-13-23-20)12-18(25-19)14-6-4-3-5-7-14/h3-13,21H,2H2,1H3,(H,22,23,24). The van der Waals surface area contributed by atoms with E-state index in [-0.39, 0.29) is 0 Å². The molecule has 0 fully saturated rings. The van der Waals surface area contributed by atoms with Crippen LogP contribution in [-0.2, 0) is 0 Å². The van der Waals surface area contributed by atoms with Crippen molar-refractivity contribution >= 4 is 38.7 Å². The highest BCUT2D eigenvalue weighted by Gasteiger charge is 2.10. The average molecular weight is 346 g/mol. The number of benzene rings is 2. The van der Waals surface area contributed by atoms with Crippen molar-refractivity contribution in [1.82, 2.24) is 9.97 Å². The van der Waals surface area contributed by atoms with Crippen molar-refractivity contribution in [2.45, 2.75) is 6.92 Å². The van der Waals surface area contributed by atoms with Crippen molar-refractivity contribution < 1.29 is 0 Å². The van der Waals surface area contributed by atoms with Crippen LogP contribution in [0.5, 0.6) is 0 Å². The minimum Gasteiger partial charge on any atom is -0.385 e. The second-order valence-corrected chi connectivity index (χ2v) is 6.70. The largest absolute Gasteiger partial charge is 0.385 e. The quantitative estimate of drug-likeness (QED) is 0.498. The minimum absolute atomic E-state index is 0.841. The molecule has 2 N–H and O–H groups in total. The van der Waals surface area contributed by atoms with E-state index in [1.807, 2.05) is 6.07 Å². The summed E-state index contributed by atoms with van der Waals surface area (Å²) in [6, 6.07) is 20.7. The Morgan fingerprint density at radius 3 is 2.44 bits per heavy atom. The van der Waals surface area contributed by atoms with Crippen LogP contribution >= 0.6 is 11.3 Å². The summed E-state index contributed by atoms with van der Waals surface area (Å²) in [5.74, 6) is 0.841. The van der Waals surface area contributed by atoms with Gasteiger partial charge in [0.05, 0.1) is 10.2 Å². The SMILES string of the molecule is CCNc1ccc(Nc2ncnc3cc(-c4ccccc4)sc23)cc1. The summed E-state index contributed by atoms with van der Waals surface area (Å²) in [7, 11) is 0. The van der Waals surface area contributed by atoms with E-state index in [0.717, 1.165) is 34.0 Å². The topological polar surface area (TPSA) is 49.8 Å². The van der Waals surface area contributed by atoms with Gasteiger partial charge in [0.25, 0.3) is 0 Å². The predicted octanol–water partition coefficient (Wildman–Crippen LogP) is 5.53. The highest BCUT2D eigenvalue weighted by atomic mass is 32.1. The number of hydrogen-bond acceptors (Lipinski definition) is 5. The molecule has 0 spiro atoms. The number of nitrogens with one attached hydrogen (secondary N) is 2. The van der Waals surface area contributed by atoms with Crippen LogP contribution in [0.3, 0.4) is 0 Å². The van der Waals surface area contributed by atoms with Crippen molar-refractivity contribution in [3.05, 3.63) is 67.0 Å². The molecule has 0 radical (unpaired) electrons. The van der Waals surface area contributed by atoms with Crippen LogP contribution < -0.4 is 10.6 Å². The van der Waals surface area contributed by atoms with Gasteiger partial charge in [-0.2, -0.15) is 0 Å². The Morgan fingerprint density at radius 2 is 1.68 bits per heavy atom. The van der Waals surface area contributed by atoms with Crippen molar-refractivity contribution in [1.29, 1.82) is 0 Å². The average Bonchev–Trinajstić information content (AvgIpc) is 3.10. The minimum atomic E-state index is 0.841. The van der Waals surface area contributed by atoms with Crippen LogP contribution in [0.4, 0.5) is 17.2 Å². The molecule has 2 heterocycles. The van der Waals surface area contributed by atoms with Gasteiger partial charge >= 0.3 is 0 Å². The number of nitrogens with zero attached hydrogens (tertiary/aromatic N) is 2. The number of aromatic nitrogens is 2. The molecule has 4 nitrogen and oxygen atoms in total. The lowest BCUT2D eigenvalue weighted by Crippen LogP contribution is -1.97. The van der Waals surface area contributed by atoms with Crippen molar-refractivity contribution in [2.75, 3.05) is 17.2 Å². The molecule has 4 rings (SSSR count). The second kappa shape index (κ2) is 6.91. The van der Waals surface area contributed by atoms with E-state index in [1.165, 1.54) is 10.4 Å². The zero-order chi connectivity index (χ0) is 17.1. The van der Waals surface area contributed by atoms with Gasteiger partial charge in [-0.25, -0.2) is 9.97 Å². The van der Waals surface area contributed by atoms with Crippen LogP contribution in [-0.4, -0.2) is 16.5 Å². The van der Waals surface area contributed by atoms with Gasteiger partial charge in [-0.1, -0.05) is 30.3 Å². The summed E-state index contributed by atoms with van der Waals surface area (Å²) in [6.45, 7) is 3.00. The Bertz CT molecular complexity index is 978. The van der Waals surface area contributed by atoms with E-state index in [4.69, 9.17) is 0 Å². The molecular formula is C20H18N4S. The molecule has 4 aromatic rings. The molecule has 0 unspecified atom stereocenters. The molecule has 124 valence electrons. The Morgan fingerprint density at radius 1 is 0.920 bits per heavy atom. The van der Waals surface area contributed by atoms with Gasteiger partial charge in [-0.15, -0.1) is 11.3 Å². The maximum atomic E-state index is 4.44. The summed E-state index contributed by atoms with van der Waals surface area (Å²) < 4.78 is 1.07. The van der Waals surface area contributed by atoms with Gasteiger partial charge < -0.3 is 10.6 Å². The molecule has 5 heteroatoms. The first-order valence-electron chi connectivity index (χ1n) is 8.24. The molecule has 0 saturated heterocycles. The third kappa shape index (κ3) is 3.32. The van der Waals surface area contributed by atoms with E-state index in [0.29, 0.717) is 0 Å². The zero-order valence-corrected chi connectivity index (χ0v) is 14.7. The zero-order valence-electron chi connectivity index (χ0n) is 13.9. The van der Waals surface area contributed by atoms with Crippen LogP contribution in [0.1, 0.15) is 6.92 Å². The van der Waals surface area contributed by atoms with Gasteiger partial charge in [0, 0.05) is 22.8 Å². The van der Waals surface area contributed by atoms with Crippen molar-refractivity contribution in [2.24, 2.45) is 0 Å². The van der Waals surface area contributed by atoms with E-state index < -0.39 is 0 Å². The molecule has 2 aromatic heterocycles. The van der Waals surface area contributed by atoms with Gasteiger partial charge in [0.2, 0.25) is 0 Å². The van der Waals surface area contributed by atoms with E-state index in [2.05, 4.69) is 82.1 Å². The number of anilines is 3. The van der Waals surface area contributed by atoms with Gasteiger partial charge in [-0.3, -0.25) is 0 Å². The first kappa shape index (κ1) is 15.6. The Balaban J connectivity index is 1.66. The lowest BCUT2D eigenvalue weighted by Gasteiger charge is -2.08. The fraction of sp³-hybridized carbons (Fsp3) is 0.100. The maximum absolute atomic E-state index is 4.44. The summed E-state index contributed by atoms with van der Waals surface area (Å²) in [5.41, 5.74) is 4.29. The molecule has 0 bridgehead atoms. The molecule has 0 amide bonds. The molecule has 25 heavy (non-hydrogen) atoms. The molecule has 0 aliphatic rings. The Kier molecular flexibility index (Phi) is 4.31. The van der Waals surface area contributed by atoms with Crippen LogP contribution in [0.15, 0.2) is 67.0 Å². The monoisotopic (exact) mass is 346 g/mol. The van der Waals surface area contributed by atoms with Gasteiger partial charge in [0.15, 0.2) is 5.82 Å². The molecule has 2 aromatic carbocycles. The van der Waals surface area contributed by atoms with Crippen LogP contribution in [0.25, 0.3) is 20.7 Å². The van der Waals surface area contributed by atoms with E-state index >= 15 is 0 Å². The third-order valence-electron chi connectivity index (χ3n) is 3.90. The van der Waals surface area contributed by atoms with E-state index in [1.54, 1.807) is 17.7 Å². The van der Waals surface area contributed by atoms with Crippen LogP contribution in [0.2, 0.25) is 0 Å². The summed E-state index contributed by atoms with van der Waals surface area (Å²) in [4.78, 5) is 10.1. The molecule has 0 atom stereocenters.